The maximum Gasteiger partial charge on any atom is 0.278 e. The zero-order chi connectivity index (χ0) is 15.7. The molecule has 0 fully saturated rings. The smallest absolute Gasteiger partial charge is 0.278 e. The van der Waals surface area contributed by atoms with Crippen LogP contribution in [0.2, 0.25) is 5.02 Å². The Labute approximate surface area is 131 Å². The first kappa shape index (κ1) is 14.7. The first-order valence-electron chi connectivity index (χ1n) is 6.85. The van der Waals surface area contributed by atoms with Crippen molar-refractivity contribution >= 4 is 22.8 Å². The van der Waals surface area contributed by atoms with Crippen LogP contribution < -0.4 is 5.56 Å². The lowest BCUT2D eigenvalue weighted by atomic mass is 10.1. The average Bonchev–Trinajstić information content (AvgIpc) is 2.50. The molecule has 6 heteroatoms. The number of halogens is 1. The molecule has 3 rings (SSSR count). The fourth-order valence-corrected chi connectivity index (χ4v) is 2.68. The predicted molar refractivity (Wildman–Crippen MR) is 86.1 cm³/mol. The van der Waals surface area contributed by atoms with Crippen molar-refractivity contribution in [2.24, 2.45) is 0 Å². The minimum absolute atomic E-state index is 0.144. The van der Waals surface area contributed by atoms with E-state index in [0.29, 0.717) is 21.9 Å². The third-order valence-corrected chi connectivity index (χ3v) is 3.70. The Morgan fingerprint density at radius 1 is 1.32 bits per heavy atom. The zero-order valence-corrected chi connectivity index (χ0v) is 12.7. The fourth-order valence-electron chi connectivity index (χ4n) is 2.45. The van der Waals surface area contributed by atoms with Crippen LogP contribution in [-0.2, 0) is 6.54 Å². The molecule has 0 aliphatic carbocycles. The quantitative estimate of drug-likeness (QED) is 0.806. The molecule has 0 saturated carbocycles. The number of aliphatic hydroxyl groups excluding tert-OH is 1. The largest absolute Gasteiger partial charge is 0.395 e. The van der Waals surface area contributed by atoms with Crippen molar-refractivity contribution in [3.05, 3.63) is 57.5 Å². The molecular weight excluding hydrogens is 302 g/mol. The van der Waals surface area contributed by atoms with Crippen LogP contribution in [0, 0.1) is 6.92 Å². The second-order valence-corrected chi connectivity index (χ2v) is 5.38. The van der Waals surface area contributed by atoms with Gasteiger partial charge in [0.15, 0.2) is 5.65 Å². The van der Waals surface area contributed by atoms with Gasteiger partial charge in [0.1, 0.15) is 11.2 Å². The topological polar surface area (TPSA) is 68.0 Å². The Hall–Kier alpha value is -2.24. The molecule has 3 aromatic rings. The Bertz CT molecular complexity index is 906. The van der Waals surface area contributed by atoms with Gasteiger partial charge in [-0.25, -0.2) is 9.97 Å². The number of aliphatic hydroxyl groups is 1. The minimum atomic E-state index is -0.273. The van der Waals surface area contributed by atoms with Gasteiger partial charge in [0.2, 0.25) is 0 Å². The van der Waals surface area contributed by atoms with Crippen molar-refractivity contribution in [1.29, 1.82) is 0 Å². The van der Waals surface area contributed by atoms with Crippen molar-refractivity contribution < 1.29 is 5.11 Å². The molecular formula is C16H14ClN3O2. The van der Waals surface area contributed by atoms with Gasteiger partial charge in [-0.05, 0) is 36.8 Å². The molecule has 5 nitrogen and oxygen atoms in total. The zero-order valence-electron chi connectivity index (χ0n) is 12.0. The van der Waals surface area contributed by atoms with E-state index in [0.717, 1.165) is 11.1 Å². The van der Waals surface area contributed by atoms with Crippen LogP contribution in [0.1, 0.15) is 5.56 Å². The van der Waals surface area contributed by atoms with Crippen LogP contribution in [0.3, 0.4) is 0 Å². The van der Waals surface area contributed by atoms with Crippen LogP contribution in [0.4, 0.5) is 0 Å². The SMILES string of the molecule is Cc1cc(Cl)ccc1-c1nc2cccnc2n(CCO)c1=O. The molecule has 112 valence electrons. The van der Waals surface area contributed by atoms with E-state index < -0.39 is 0 Å². The number of fused-ring (bicyclic) bond motifs is 1. The fraction of sp³-hybridized carbons (Fsp3) is 0.188. The van der Waals surface area contributed by atoms with E-state index in [-0.39, 0.29) is 18.7 Å². The summed E-state index contributed by atoms with van der Waals surface area (Å²) in [6, 6.07) is 8.87. The maximum absolute atomic E-state index is 12.7. The summed E-state index contributed by atoms with van der Waals surface area (Å²) >= 11 is 5.97. The summed E-state index contributed by atoms with van der Waals surface area (Å²) in [5.74, 6) is 0. The van der Waals surface area contributed by atoms with Gasteiger partial charge < -0.3 is 5.11 Å². The van der Waals surface area contributed by atoms with E-state index in [1.165, 1.54) is 4.57 Å². The Morgan fingerprint density at radius 2 is 2.14 bits per heavy atom. The number of aryl methyl sites for hydroxylation is 1. The summed E-state index contributed by atoms with van der Waals surface area (Å²) in [6.45, 7) is 1.91. The third kappa shape index (κ3) is 2.49. The number of aromatic nitrogens is 3. The van der Waals surface area contributed by atoms with Gasteiger partial charge in [0.05, 0.1) is 13.2 Å². The summed E-state index contributed by atoms with van der Waals surface area (Å²) < 4.78 is 1.45. The highest BCUT2D eigenvalue weighted by molar-refractivity contribution is 6.30. The molecule has 0 saturated heterocycles. The molecule has 1 N–H and O–H groups in total. The minimum Gasteiger partial charge on any atom is -0.395 e. The summed E-state index contributed by atoms with van der Waals surface area (Å²) in [5.41, 5.74) is 2.74. The average molecular weight is 316 g/mol. The first-order valence-corrected chi connectivity index (χ1v) is 7.22. The highest BCUT2D eigenvalue weighted by Crippen LogP contribution is 2.23. The van der Waals surface area contributed by atoms with Gasteiger partial charge in [0.25, 0.3) is 5.56 Å². The van der Waals surface area contributed by atoms with Crippen molar-refractivity contribution in [3.8, 4) is 11.3 Å². The molecule has 0 amide bonds. The van der Waals surface area contributed by atoms with E-state index in [1.54, 1.807) is 36.5 Å². The molecule has 0 spiro atoms. The summed E-state index contributed by atoms with van der Waals surface area (Å²) in [7, 11) is 0. The Balaban J connectivity index is 2.35. The maximum atomic E-state index is 12.7. The van der Waals surface area contributed by atoms with E-state index in [2.05, 4.69) is 9.97 Å². The van der Waals surface area contributed by atoms with Gasteiger partial charge >= 0.3 is 0 Å². The van der Waals surface area contributed by atoms with Crippen molar-refractivity contribution in [3.63, 3.8) is 0 Å². The summed E-state index contributed by atoms with van der Waals surface area (Å²) in [6.07, 6.45) is 1.60. The van der Waals surface area contributed by atoms with Crippen LogP contribution in [0.5, 0.6) is 0 Å². The van der Waals surface area contributed by atoms with E-state index in [4.69, 9.17) is 11.6 Å². The molecule has 22 heavy (non-hydrogen) atoms. The van der Waals surface area contributed by atoms with Gasteiger partial charge in [-0.1, -0.05) is 17.7 Å². The lowest BCUT2D eigenvalue weighted by Crippen LogP contribution is -2.25. The third-order valence-electron chi connectivity index (χ3n) is 3.47. The highest BCUT2D eigenvalue weighted by Gasteiger charge is 2.14. The Kier molecular flexibility index (Phi) is 3.92. The molecule has 0 radical (unpaired) electrons. The number of hydrogen-bond donors (Lipinski definition) is 1. The standard InChI is InChI=1S/C16H14ClN3O2/c1-10-9-11(17)4-5-12(10)14-16(22)20(7-8-21)15-13(19-14)3-2-6-18-15/h2-6,9,21H,7-8H2,1H3. The lowest BCUT2D eigenvalue weighted by Gasteiger charge is -2.11. The van der Waals surface area contributed by atoms with Crippen molar-refractivity contribution in [2.45, 2.75) is 13.5 Å². The van der Waals surface area contributed by atoms with Crippen LogP contribution >= 0.6 is 11.6 Å². The molecule has 0 bridgehead atoms. The first-order chi connectivity index (χ1) is 10.6. The lowest BCUT2D eigenvalue weighted by molar-refractivity contribution is 0.276. The molecule has 2 aromatic heterocycles. The molecule has 0 aliphatic heterocycles. The van der Waals surface area contributed by atoms with Crippen molar-refractivity contribution in [2.75, 3.05) is 6.61 Å². The number of hydrogen-bond acceptors (Lipinski definition) is 4. The summed E-state index contributed by atoms with van der Waals surface area (Å²) in [4.78, 5) is 21.4. The number of rotatable bonds is 3. The molecule has 0 aliphatic rings. The Morgan fingerprint density at radius 3 is 2.86 bits per heavy atom. The number of pyridine rings is 1. The van der Waals surface area contributed by atoms with Crippen LogP contribution in [0.25, 0.3) is 22.4 Å². The van der Waals surface area contributed by atoms with Crippen molar-refractivity contribution in [1.82, 2.24) is 14.5 Å². The van der Waals surface area contributed by atoms with E-state index >= 15 is 0 Å². The van der Waals surface area contributed by atoms with Crippen LogP contribution in [0.15, 0.2) is 41.3 Å². The summed E-state index contributed by atoms with van der Waals surface area (Å²) in [5, 5.41) is 9.84. The number of nitrogens with zero attached hydrogens (tertiary/aromatic N) is 3. The highest BCUT2D eigenvalue weighted by atomic mass is 35.5. The molecule has 1 aromatic carbocycles. The van der Waals surface area contributed by atoms with E-state index in [9.17, 15) is 9.90 Å². The normalized spacial score (nSPS) is 11.0. The van der Waals surface area contributed by atoms with E-state index in [1.807, 2.05) is 6.92 Å². The van der Waals surface area contributed by atoms with Crippen LogP contribution in [-0.4, -0.2) is 26.2 Å². The predicted octanol–water partition coefficient (Wildman–Crippen LogP) is 2.41. The second kappa shape index (κ2) is 5.87. The van der Waals surface area contributed by atoms with Gasteiger partial charge in [-0.3, -0.25) is 9.36 Å². The monoisotopic (exact) mass is 315 g/mol. The molecule has 2 heterocycles. The molecule has 0 atom stereocenters. The second-order valence-electron chi connectivity index (χ2n) is 4.95. The number of benzene rings is 1. The van der Waals surface area contributed by atoms with Gasteiger partial charge in [-0.15, -0.1) is 0 Å². The van der Waals surface area contributed by atoms with Gasteiger partial charge in [-0.2, -0.15) is 0 Å². The van der Waals surface area contributed by atoms with Gasteiger partial charge in [0, 0.05) is 16.8 Å². The molecule has 0 unspecified atom stereocenters.